The lowest BCUT2D eigenvalue weighted by Gasteiger charge is -2.29. The second-order valence-electron chi connectivity index (χ2n) is 3.91. The van der Waals surface area contributed by atoms with Crippen LogP contribution in [-0.2, 0) is 0 Å². The molecule has 0 unspecified atom stereocenters. The smallest absolute Gasteiger partial charge is 0.252 e. The number of hydrogen-bond donors (Lipinski definition) is 6. The molecule has 0 fully saturated rings. The summed E-state index contributed by atoms with van der Waals surface area (Å²) in [6.07, 6.45) is 1.28. The lowest BCUT2D eigenvalue weighted by atomic mass is 10.0. The van der Waals surface area contributed by atoms with Gasteiger partial charge in [-0.2, -0.15) is 0 Å². The molecule has 8 heteroatoms. The van der Waals surface area contributed by atoms with Crippen molar-refractivity contribution in [3.63, 3.8) is 0 Å². The average Bonchev–Trinajstić information content (AvgIpc) is 2.37. The normalized spacial score (nSPS) is 11.3. The number of carbonyl (C=O) groups excluding carboxylic acids is 1. The molecular formula is C10H16N4O4. The Bertz CT molecular complexity index is 426. The Labute approximate surface area is 103 Å². The lowest BCUT2D eigenvalue weighted by molar-refractivity contribution is 0.0827. The average molecular weight is 256 g/mol. The van der Waals surface area contributed by atoms with E-state index in [4.69, 9.17) is 11.5 Å². The van der Waals surface area contributed by atoms with E-state index < -0.39 is 31.3 Å². The fraction of sp³-hybridized carbons (Fsp3) is 0.400. The van der Waals surface area contributed by atoms with E-state index >= 15 is 0 Å². The number of rotatable bonds is 6. The van der Waals surface area contributed by atoms with Gasteiger partial charge in [-0.25, -0.2) is 4.98 Å². The Hall–Kier alpha value is -1.90. The number of amides is 1. The molecule has 8 N–H and O–H groups in total. The Morgan fingerprint density at radius 1 is 1.33 bits per heavy atom. The van der Waals surface area contributed by atoms with Gasteiger partial charge in [-0.1, -0.05) is 0 Å². The molecule has 0 aromatic carbocycles. The minimum absolute atomic E-state index is 0.00900. The summed E-state index contributed by atoms with van der Waals surface area (Å²) in [6, 6.07) is 1.31. The summed E-state index contributed by atoms with van der Waals surface area (Å²) in [6.45, 7) is -1.65. The Morgan fingerprint density at radius 3 is 2.33 bits per heavy atom. The summed E-state index contributed by atoms with van der Waals surface area (Å²) in [4.78, 5) is 15.1. The summed E-state index contributed by atoms with van der Waals surface area (Å²) in [7, 11) is 0. The number of nitrogen functional groups attached to an aromatic ring is 1. The second-order valence-corrected chi connectivity index (χ2v) is 3.91. The van der Waals surface area contributed by atoms with Gasteiger partial charge in [0, 0.05) is 0 Å². The molecule has 18 heavy (non-hydrogen) atoms. The zero-order chi connectivity index (χ0) is 13.8. The minimum atomic E-state index is -1.40. The van der Waals surface area contributed by atoms with Gasteiger partial charge >= 0.3 is 0 Å². The molecule has 1 aromatic rings. The summed E-state index contributed by atoms with van der Waals surface area (Å²) in [5, 5.41) is 30.1. The number of primary amides is 1. The van der Waals surface area contributed by atoms with Crippen LogP contribution in [-0.4, -0.2) is 51.6 Å². The van der Waals surface area contributed by atoms with Crippen molar-refractivity contribution >= 4 is 17.4 Å². The molecule has 0 aliphatic carbocycles. The second kappa shape index (κ2) is 5.63. The van der Waals surface area contributed by atoms with Crippen molar-refractivity contribution in [3.8, 4) is 0 Å². The molecule has 0 aliphatic heterocycles. The minimum Gasteiger partial charge on any atom is -0.397 e. The number of carbonyl (C=O) groups is 1. The first-order valence-electron chi connectivity index (χ1n) is 5.14. The number of nitrogens with zero attached hydrogens (tertiary/aromatic N) is 1. The Kier molecular flexibility index (Phi) is 4.43. The molecule has 0 bridgehead atoms. The van der Waals surface area contributed by atoms with Crippen molar-refractivity contribution in [2.45, 2.75) is 5.54 Å². The van der Waals surface area contributed by atoms with Gasteiger partial charge < -0.3 is 32.1 Å². The molecule has 1 aromatic heterocycles. The van der Waals surface area contributed by atoms with Crippen molar-refractivity contribution in [2.24, 2.45) is 5.73 Å². The first kappa shape index (κ1) is 14.2. The van der Waals surface area contributed by atoms with E-state index in [1.165, 1.54) is 12.3 Å². The summed E-state index contributed by atoms with van der Waals surface area (Å²) < 4.78 is 0. The molecule has 0 saturated heterocycles. The quantitative estimate of drug-likeness (QED) is 0.340. The van der Waals surface area contributed by atoms with Crippen LogP contribution in [0.25, 0.3) is 0 Å². The fourth-order valence-corrected chi connectivity index (χ4v) is 1.29. The van der Waals surface area contributed by atoms with E-state index in [1.54, 1.807) is 0 Å². The first-order chi connectivity index (χ1) is 8.48. The molecule has 1 amide bonds. The number of nitrogens with one attached hydrogen (secondary N) is 1. The van der Waals surface area contributed by atoms with Gasteiger partial charge in [-0.3, -0.25) is 4.79 Å². The molecule has 0 atom stereocenters. The maximum atomic E-state index is 11.2. The van der Waals surface area contributed by atoms with Crippen LogP contribution < -0.4 is 16.8 Å². The van der Waals surface area contributed by atoms with Crippen LogP contribution in [0.3, 0.4) is 0 Å². The number of anilines is 2. The third kappa shape index (κ3) is 2.86. The van der Waals surface area contributed by atoms with Crippen LogP contribution in [0.5, 0.6) is 0 Å². The number of pyridine rings is 1. The molecule has 100 valence electrons. The maximum absolute atomic E-state index is 11.2. The van der Waals surface area contributed by atoms with E-state index in [0.29, 0.717) is 0 Å². The molecule has 1 heterocycles. The van der Waals surface area contributed by atoms with Crippen LogP contribution in [0.15, 0.2) is 12.3 Å². The SMILES string of the molecule is NC(=O)c1cc(N)cnc1NC(CO)(CO)CO. The first-order valence-corrected chi connectivity index (χ1v) is 5.14. The van der Waals surface area contributed by atoms with Gasteiger partial charge in [0.2, 0.25) is 0 Å². The summed E-state index contributed by atoms with van der Waals surface area (Å²) >= 11 is 0. The highest BCUT2D eigenvalue weighted by atomic mass is 16.3. The third-order valence-electron chi connectivity index (χ3n) is 2.47. The van der Waals surface area contributed by atoms with E-state index in [9.17, 15) is 20.1 Å². The van der Waals surface area contributed by atoms with Crippen molar-refractivity contribution in [1.29, 1.82) is 0 Å². The summed E-state index contributed by atoms with van der Waals surface area (Å²) in [5.41, 5.74) is 9.51. The monoisotopic (exact) mass is 256 g/mol. The van der Waals surface area contributed by atoms with E-state index in [-0.39, 0.29) is 17.1 Å². The highest BCUT2D eigenvalue weighted by Crippen LogP contribution is 2.19. The third-order valence-corrected chi connectivity index (χ3v) is 2.47. The van der Waals surface area contributed by atoms with Crippen molar-refractivity contribution in [1.82, 2.24) is 4.98 Å². The zero-order valence-electron chi connectivity index (χ0n) is 9.63. The fourth-order valence-electron chi connectivity index (χ4n) is 1.29. The molecule has 0 saturated carbocycles. The predicted molar refractivity (Wildman–Crippen MR) is 64.8 cm³/mol. The zero-order valence-corrected chi connectivity index (χ0v) is 9.63. The van der Waals surface area contributed by atoms with Crippen LogP contribution in [0.1, 0.15) is 10.4 Å². The molecule has 0 radical (unpaired) electrons. The lowest BCUT2D eigenvalue weighted by Crippen LogP contribution is -2.49. The standard InChI is InChI=1S/C10H16N4O4/c11-6-1-7(8(12)18)9(13-2-6)14-10(3-15,4-16)5-17/h1-2,15-17H,3-5,11H2,(H2,12,18)(H,13,14). The highest BCUT2D eigenvalue weighted by molar-refractivity contribution is 5.98. The maximum Gasteiger partial charge on any atom is 0.252 e. The van der Waals surface area contributed by atoms with Crippen molar-refractivity contribution in [2.75, 3.05) is 30.9 Å². The number of hydrogen-bond acceptors (Lipinski definition) is 7. The largest absolute Gasteiger partial charge is 0.397 e. The molecule has 1 rings (SSSR count). The van der Waals surface area contributed by atoms with Gasteiger partial charge in [-0.05, 0) is 6.07 Å². The molecule has 8 nitrogen and oxygen atoms in total. The van der Waals surface area contributed by atoms with Gasteiger partial charge in [0.05, 0.1) is 37.3 Å². The predicted octanol–water partition coefficient (Wildman–Crippen LogP) is -2.11. The van der Waals surface area contributed by atoms with Crippen LogP contribution in [0.4, 0.5) is 11.5 Å². The van der Waals surface area contributed by atoms with E-state index in [2.05, 4.69) is 10.3 Å². The Balaban J connectivity index is 3.13. The topological polar surface area (TPSA) is 155 Å². The molecule has 0 aliphatic rings. The Morgan fingerprint density at radius 2 is 1.89 bits per heavy atom. The van der Waals surface area contributed by atoms with E-state index in [1.807, 2.05) is 0 Å². The number of aliphatic hydroxyl groups excluding tert-OH is 3. The molecule has 0 spiro atoms. The van der Waals surface area contributed by atoms with Crippen LogP contribution in [0.2, 0.25) is 0 Å². The number of aliphatic hydroxyl groups is 3. The number of nitrogens with two attached hydrogens (primary N) is 2. The van der Waals surface area contributed by atoms with Crippen LogP contribution >= 0.6 is 0 Å². The summed E-state index contributed by atoms with van der Waals surface area (Å²) in [5.74, 6) is -0.728. The van der Waals surface area contributed by atoms with Crippen molar-refractivity contribution < 1.29 is 20.1 Å². The van der Waals surface area contributed by atoms with Crippen molar-refractivity contribution in [3.05, 3.63) is 17.8 Å². The highest BCUT2D eigenvalue weighted by Gasteiger charge is 2.29. The van der Waals surface area contributed by atoms with Gasteiger partial charge in [0.1, 0.15) is 11.4 Å². The van der Waals surface area contributed by atoms with Gasteiger partial charge in [0.25, 0.3) is 5.91 Å². The van der Waals surface area contributed by atoms with Gasteiger partial charge in [-0.15, -0.1) is 0 Å². The van der Waals surface area contributed by atoms with Gasteiger partial charge in [0.15, 0.2) is 0 Å². The number of aromatic nitrogens is 1. The van der Waals surface area contributed by atoms with Crippen LogP contribution in [0, 0.1) is 0 Å². The van der Waals surface area contributed by atoms with E-state index in [0.717, 1.165) is 0 Å². The molecular weight excluding hydrogens is 240 g/mol.